The zero-order chi connectivity index (χ0) is 19.8. The summed E-state index contributed by atoms with van der Waals surface area (Å²) in [5.74, 6) is -0.871. The lowest BCUT2D eigenvalue weighted by Crippen LogP contribution is -2.63. The van der Waals surface area contributed by atoms with Crippen LogP contribution in [-0.2, 0) is 9.59 Å². The Kier molecular flexibility index (Phi) is 4.30. The number of hydrogen-bond acceptors (Lipinski definition) is 5. The van der Waals surface area contributed by atoms with Gasteiger partial charge in [-0.1, -0.05) is 13.8 Å². The monoisotopic (exact) mass is 380 g/mol. The zero-order valence-corrected chi connectivity index (χ0v) is 16.2. The van der Waals surface area contributed by atoms with Crippen LogP contribution in [0.2, 0.25) is 0 Å². The Morgan fingerprint density at radius 3 is 2.52 bits per heavy atom. The van der Waals surface area contributed by atoms with Crippen molar-refractivity contribution in [3.63, 3.8) is 0 Å². The number of aliphatic hydroxyl groups excluding tert-OH is 2. The number of carbonyl (C=O) groups excluding carboxylic acids is 1. The number of aliphatic hydroxyl groups is 3. The maximum Gasteiger partial charge on any atom is 0.335 e. The van der Waals surface area contributed by atoms with E-state index in [1.807, 2.05) is 6.92 Å². The van der Waals surface area contributed by atoms with Gasteiger partial charge in [0.05, 0.1) is 6.10 Å². The third-order valence-corrected chi connectivity index (χ3v) is 9.23. The summed E-state index contributed by atoms with van der Waals surface area (Å²) in [6, 6.07) is 0. The molecule has 0 aliphatic heterocycles. The largest absolute Gasteiger partial charge is 0.479 e. The highest BCUT2D eigenvalue weighted by Gasteiger charge is 2.69. The number of rotatable bonds is 2. The van der Waals surface area contributed by atoms with E-state index in [1.165, 1.54) is 0 Å². The van der Waals surface area contributed by atoms with Crippen LogP contribution in [0, 0.1) is 34.5 Å². The molecule has 0 amide bonds. The average molecular weight is 380 g/mol. The number of carbonyl (C=O) groups is 2. The molecule has 0 heterocycles. The Hall–Kier alpha value is -0.980. The molecule has 0 saturated heterocycles. The molecule has 4 aliphatic rings. The molecule has 0 aromatic heterocycles. The third-order valence-electron chi connectivity index (χ3n) is 9.23. The van der Waals surface area contributed by atoms with Gasteiger partial charge in [0, 0.05) is 17.8 Å². The fourth-order valence-electron chi connectivity index (χ4n) is 7.74. The summed E-state index contributed by atoms with van der Waals surface area (Å²) >= 11 is 0. The fourth-order valence-corrected chi connectivity index (χ4v) is 7.74. The van der Waals surface area contributed by atoms with Gasteiger partial charge in [-0.25, -0.2) is 4.79 Å². The van der Waals surface area contributed by atoms with Gasteiger partial charge in [-0.05, 0) is 68.1 Å². The minimum Gasteiger partial charge on any atom is -0.479 e. The van der Waals surface area contributed by atoms with Crippen molar-refractivity contribution in [1.82, 2.24) is 0 Å². The van der Waals surface area contributed by atoms with Crippen molar-refractivity contribution in [1.29, 1.82) is 0 Å². The highest BCUT2D eigenvalue weighted by atomic mass is 16.4. The van der Waals surface area contributed by atoms with Gasteiger partial charge in [0.2, 0.25) is 0 Å². The summed E-state index contributed by atoms with van der Waals surface area (Å²) in [5.41, 5.74) is -2.78. The lowest BCUT2D eigenvalue weighted by Gasteiger charge is -2.60. The van der Waals surface area contributed by atoms with E-state index in [-0.39, 0.29) is 47.9 Å². The van der Waals surface area contributed by atoms with Crippen LogP contribution in [0.5, 0.6) is 0 Å². The number of Topliss-reactive ketones (excluding diaryl/α,β-unsaturated/α-hetero) is 1. The molecule has 27 heavy (non-hydrogen) atoms. The summed E-state index contributed by atoms with van der Waals surface area (Å²) in [4.78, 5) is 24.8. The van der Waals surface area contributed by atoms with Crippen LogP contribution in [0.1, 0.15) is 65.2 Å². The molecule has 4 saturated carbocycles. The minimum absolute atomic E-state index is 0.0452. The first-order chi connectivity index (χ1) is 12.5. The summed E-state index contributed by atoms with van der Waals surface area (Å²) in [7, 11) is 0. The molecule has 152 valence electrons. The molecule has 4 aliphatic carbocycles. The highest BCUT2D eigenvalue weighted by Crippen LogP contribution is 2.67. The van der Waals surface area contributed by atoms with Crippen molar-refractivity contribution < 1.29 is 30.0 Å². The normalized spacial score (nSPS) is 53.2. The summed E-state index contributed by atoms with van der Waals surface area (Å²) in [6.07, 6.45) is 3.04. The number of fused-ring (bicyclic) bond motifs is 5. The van der Waals surface area contributed by atoms with Crippen LogP contribution in [0.3, 0.4) is 0 Å². The Bertz CT molecular complexity index is 663. The second-order valence-electron chi connectivity index (χ2n) is 10.2. The molecule has 0 aromatic rings. The first kappa shape index (κ1) is 19.3. The summed E-state index contributed by atoms with van der Waals surface area (Å²) in [5, 5.41) is 40.9. The molecular weight excluding hydrogens is 348 g/mol. The van der Waals surface area contributed by atoms with Crippen molar-refractivity contribution in [2.24, 2.45) is 34.5 Å². The van der Waals surface area contributed by atoms with Gasteiger partial charge < -0.3 is 20.4 Å². The lowest BCUT2D eigenvalue weighted by molar-refractivity contribution is -0.201. The smallest absolute Gasteiger partial charge is 0.335 e. The predicted molar refractivity (Wildman–Crippen MR) is 96.7 cm³/mol. The van der Waals surface area contributed by atoms with Crippen molar-refractivity contribution in [2.45, 2.75) is 83.0 Å². The number of ketones is 1. The van der Waals surface area contributed by atoms with Crippen molar-refractivity contribution in [3.8, 4) is 0 Å². The van der Waals surface area contributed by atoms with Gasteiger partial charge >= 0.3 is 5.97 Å². The Morgan fingerprint density at radius 2 is 1.85 bits per heavy atom. The van der Waals surface area contributed by atoms with Gasteiger partial charge in [-0.2, -0.15) is 0 Å². The van der Waals surface area contributed by atoms with E-state index < -0.39 is 23.1 Å². The number of aliphatic carboxylic acids is 1. The van der Waals surface area contributed by atoms with Crippen molar-refractivity contribution in [2.75, 3.05) is 0 Å². The molecule has 4 N–H and O–H groups in total. The molecular formula is C21H32O6. The molecule has 4 fully saturated rings. The third kappa shape index (κ3) is 2.42. The molecule has 0 aromatic carbocycles. The van der Waals surface area contributed by atoms with Crippen LogP contribution in [0.4, 0.5) is 0 Å². The Morgan fingerprint density at radius 1 is 1.15 bits per heavy atom. The average Bonchev–Trinajstić information content (AvgIpc) is 2.86. The van der Waals surface area contributed by atoms with E-state index in [9.17, 15) is 30.0 Å². The molecule has 6 heteroatoms. The van der Waals surface area contributed by atoms with Crippen LogP contribution in [0.15, 0.2) is 0 Å². The van der Waals surface area contributed by atoms with E-state index in [1.54, 1.807) is 0 Å². The summed E-state index contributed by atoms with van der Waals surface area (Å²) in [6.45, 7) is 4.01. The molecule has 0 bridgehead atoms. The van der Waals surface area contributed by atoms with Gasteiger partial charge in [0.15, 0.2) is 6.10 Å². The van der Waals surface area contributed by atoms with Crippen LogP contribution >= 0.6 is 0 Å². The maximum atomic E-state index is 13.4. The molecule has 0 spiro atoms. The number of carboxylic acids is 1. The van der Waals surface area contributed by atoms with E-state index in [2.05, 4.69) is 6.92 Å². The molecule has 4 rings (SSSR count). The van der Waals surface area contributed by atoms with Gasteiger partial charge in [0.1, 0.15) is 11.4 Å². The topological polar surface area (TPSA) is 115 Å². The van der Waals surface area contributed by atoms with E-state index in [0.717, 1.165) is 32.1 Å². The number of carboxylic acid groups (broad SMARTS) is 1. The van der Waals surface area contributed by atoms with E-state index in [4.69, 9.17) is 0 Å². The molecule has 0 radical (unpaired) electrons. The molecule has 0 unspecified atom stereocenters. The SMILES string of the molecule is C[C@]12CC[C@@H](O)C[C@H]1CC[C@@H]1[C@@H]2C(=O)C[C@@]2(C)[C@H]1CC[C@]2(O)[C@H](O)C(=O)O. The van der Waals surface area contributed by atoms with E-state index >= 15 is 0 Å². The Labute approximate surface area is 160 Å². The fraction of sp³-hybridized carbons (Fsp3) is 0.905. The van der Waals surface area contributed by atoms with Gasteiger partial charge in [-0.3, -0.25) is 4.79 Å². The Balaban J connectivity index is 1.70. The van der Waals surface area contributed by atoms with Crippen LogP contribution in [0.25, 0.3) is 0 Å². The second-order valence-corrected chi connectivity index (χ2v) is 10.2. The van der Waals surface area contributed by atoms with Crippen molar-refractivity contribution >= 4 is 11.8 Å². The molecule has 9 atom stereocenters. The zero-order valence-electron chi connectivity index (χ0n) is 16.2. The van der Waals surface area contributed by atoms with Crippen LogP contribution < -0.4 is 0 Å². The van der Waals surface area contributed by atoms with Crippen molar-refractivity contribution in [3.05, 3.63) is 0 Å². The highest BCUT2D eigenvalue weighted by molar-refractivity contribution is 5.85. The lowest BCUT2D eigenvalue weighted by atomic mass is 9.44. The van der Waals surface area contributed by atoms with Gasteiger partial charge in [0.25, 0.3) is 0 Å². The molecule has 6 nitrogen and oxygen atoms in total. The second kappa shape index (κ2) is 6.01. The first-order valence-electron chi connectivity index (χ1n) is 10.4. The van der Waals surface area contributed by atoms with Crippen LogP contribution in [-0.4, -0.2) is 50.0 Å². The van der Waals surface area contributed by atoms with Gasteiger partial charge in [-0.15, -0.1) is 0 Å². The standard InChI is InChI=1S/C21H32O6/c1-19-7-5-12(22)9-11(19)3-4-13-14-6-8-21(27,17(24)18(25)26)20(14,2)10-15(23)16(13)19/h11-14,16-17,22,24,27H,3-10H2,1-2H3,(H,25,26)/t11-,12-,13+,14+,16-,17-,19+,20+,21+/m1/s1. The predicted octanol–water partition coefficient (Wildman–Crippen LogP) is 1.75. The summed E-state index contributed by atoms with van der Waals surface area (Å²) < 4.78 is 0. The number of hydrogen-bond donors (Lipinski definition) is 4. The van der Waals surface area contributed by atoms with E-state index in [0.29, 0.717) is 12.3 Å². The first-order valence-corrected chi connectivity index (χ1v) is 10.4. The quantitative estimate of drug-likeness (QED) is 0.580. The maximum absolute atomic E-state index is 13.4. The minimum atomic E-state index is -1.87.